The summed E-state index contributed by atoms with van der Waals surface area (Å²) < 4.78 is 9.45. The van der Waals surface area contributed by atoms with Crippen molar-refractivity contribution in [2.24, 2.45) is 0 Å². The summed E-state index contributed by atoms with van der Waals surface area (Å²) in [6.45, 7) is 0.199. The van der Waals surface area contributed by atoms with E-state index in [2.05, 4.69) is 4.74 Å². The molecule has 6 nitrogen and oxygen atoms in total. The third kappa shape index (κ3) is 2.03. The Hall–Kier alpha value is -0.690. The van der Waals surface area contributed by atoms with E-state index >= 15 is 0 Å². The van der Waals surface area contributed by atoms with E-state index in [4.69, 9.17) is 4.74 Å². The number of carbonyl (C=O) groups is 1. The maximum absolute atomic E-state index is 10.1. The minimum atomic E-state index is -1.36. The van der Waals surface area contributed by atoms with Crippen molar-refractivity contribution in [3.8, 4) is 0 Å². The molecule has 6 heteroatoms. The highest BCUT2D eigenvalue weighted by Crippen LogP contribution is 2.24. The summed E-state index contributed by atoms with van der Waals surface area (Å²) in [5.74, 6) is 0. The van der Waals surface area contributed by atoms with Gasteiger partial charge in [0.05, 0.1) is 6.10 Å². The molecule has 1 aliphatic carbocycles. The number of methoxy groups -OCH3 is 1. The predicted octanol–water partition coefficient (Wildman–Crippen LogP) is -1.97. The number of aliphatic hydroxyl groups is 3. The lowest BCUT2D eigenvalue weighted by atomic mass is 9.87. The minimum absolute atomic E-state index is 0.161. The molecule has 14 heavy (non-hydrogen) atoms. The van der Waals surface area contributed by atoms with Gasteiger partial charge in [-0.1, -0.05) is 0 Å². The van der Waals surface area contributed by atoms with Crippen molar-refractivity contribution in [3.05, 3.63) is 0 Å². The molecule has 5 atom stereocenters. The second kappa shape index (κ2) is 4.70. The quantitative estimate of drug-likeness (QED) is 0.463. The van der Waals surface area contributed by atoms with Gasteiger partial charge in [0.2, 0.25) is 0 Å². The molecule has 0 aromatic rings. The number of ether oxygens (including phenoxy) is 2. The lowest BCUT2D eigenvalue weighted by Gasteiger charge is -2.38. The lowest BCUT2D eigenvalue weighted by Crippen LogP contribution is -2.56. The van der Waals surface area contributed by atoms with E-state index in [9.17, 15) is 20.1 Å². The third-order valence-corrected chi connectivity index (χ3v) is 2.46. The van der Waals surface area contributed by atoms with Gasteiger partial charge in [-0.15, -0.1) is 0 Å². The Morgan fingerprint density at radius 2 is 1.71 bits per heavy atom. The number of hydrogen-bond acceptors (Lipinski definition) is 6. The maximum atomic E-state index is 10.1. The zero-order valence-corrected chi connectivity index (χ0v) is 7.74. The van der Waals surface area contributed by atoms with Crippen LogP contribution in [0.1, 0.15) is 6.42 Å². The molecule has 0 saturated heterocycles. The molecule has 0 bridgehead atoms. The second-order valence-electron chi connectivity index (χ2n) is 3.25. The molecule has 3 N–H and O–H groups in total. The van der Waals surface area contributed by atoms with Crippen molar-refractivity contribution < 1.29 is 29.6 Å². The molecule has 2 unspecified atom stereocenters. The topological polar surface area (TPSA) is 96.2 Å². The van der Waals surface area contributed by atoms with Crippen LogP contribution >= 0.6 is 0 Å². The van der Waals surface area contributed by atoms with Crippen LogP contribution in [0, 0.1) is 0 Å². The average molecular weight is 206 g/mol. The summed E-state index contributed by atoms with van der Waals surface area (Å²) in [6, 6.07) is 0. The van der Waals surface area contributed by atoms with Crippen LogP contribution in [0.4, 0.5) is 0 Å². The van der Waals surface area contributed by atoms with Gasteiger partial charge in [-0.3, -0.25) is 4.79 Å². The first kappa shape index (κ1) is 11.4. The molecule has 0 aromatic carbocycles. The van der Waals surface area contributed by atoms with E-state index in [-0.39, 0.29) is 12.9 Å². The number of hydrogen-bond donors (Lipinski definition) is 3. The fourth-order valence-corrected chi connectivity index (χ4v) is 1.59. The van der Waals surface area contributed by atoms with Crippen LogP contribution in [0.2, 0.25) is 0 Å². The summed E-state index contributed by atoms with van der Waals surface area (Å²) in [6.07, 6.45) is -5.12. The molecule has 0 radical (unpaired) electrons. The maximum Gasteiger partial charge on any atom is 0.293 e. The van der Waals surface area contributed by atoms with Crippen molar-refractivity contribution in [1.82, 2.24) is 0 Å². The molecular weight excluding hydrogens is 192 g/mol. The van der Waals surface area contributed by atoms with E-state index in [0.29, 0.717) is 0 Å². The molecule has 1 fully saturated rings. The van der Waals surface area contributed by atoms with Crippen molar-refractivity contribution in [3.63, 3.8) is 0 Å². The summed E-state index contributed by atoms with van der Waals surface area (Å²) >= 11 is 0. The first-order valence-corrected chi connectivity index (χ1v) is 4.28. The van der Waals surface area contributed by atoms with Gasteiger partial charge in [-0.2, -0.15) is 0 Å². The van der Waals surface area contributed by atoms with Crippen LogP contribution in [-0.4, -0.2) is 59.4 Å². The van der Waals surface area contributed by atoms with Gasteiger partial charge in [0, 0.05) is 13.5 Å². The molecule has 0 aromatic heterocycles. The Bertz CT molecular complexity index is 194. The lowest BCUT2D eigenvalue weighted by molar-refractivity contribution is -0.193. The summed E-state index contributed by atoms with van der Waals surface area (Å²) in [4.78, 5) is 10.1. The number of rotatable bonds is 3. The van der Waals surface area contributed by atoms with Gasteiger partial charge < -0.3 is 24.8 Å². The Balaban J connectivity index is 2.67. The van der Waals surface area contributed by atoms with E-state index in [1.807, 2.05) is 0 Å². The zero-order chi connectivity index (χ0) is 10.7. The Morgan fingerprint density at radius 3 is 2.21 bits per heavy atom. The van der Waals surface area contributed by atoms with E-state index in [1.165, 1.54) is 7.11 Å². The Morgan fingerprint density at radius 1 is 1.14 bits per heavy atom. The van der Waals surface area contributed by atoms with Gasteiger partial charge in [0.1, 0.15) is 24.4 Å². The summed E-state index contributed by atoms with van der Waals surface area (Å²) in [5, 5.41) is 28.2. The highest BCUT2D eigenvalue weighted by atomic mass is 16.5. The monoisotopic (exact) mass is 206 g/mol. The standard InChI is InChI=1S/C8H14O6/c1-13-4-2-5(14-3-9)7(11)8(12)6(4)10/h3-8,10-12H,2H2,1H3/t4-,5?,6?,7+,8-/m1/s1. The first-order valence-electron chi connectivity index (χ1n) is 4.28. The highest BCUT2D eigenvalue weighted by Gasteiger charge is 2.43. The van der Waals surface area contributed by atoms with Crippen LogP contribution in [0.15, 0.2) is 0 Å². The molecule has 1 rings (SSSR count). The van der Waals surface area contributed by atoms with E-state index in [0.717, 1.165) is 0 Å². The van der Waals surface area contributed by atoms with Crippen LogP contribution in [-0.2, 0) is 14.3 Å². The predicted molar refractivity (Wildman–Crippen MR) is 44.4 cm³/mol. The van der Waals surface area contributed by atoms with Crippen LogP contribution in [0.5, 0.6) is 0 Å². The Kier molecular flexibility index (Phi) is 3.82. The average Bonchev–Trinajstić information content (AvgIpc) is 2.19. The molecule has 0 aliphatic heterocycles. The van der Waals surface area contributed by atoms with Crippen molar-refractivity contribution in [1.29, 1.82) is 0 Å². The summed E-state index contributed by atoms with van der Waals surface area (Å²) in [5.41, 5.74) is 0. The van der Waals surface area contributed by atoms with Gasteiger partial charge >= 0.3 is 0 Å². The van der Waals surface area contributed by atoms with Crippen LogP contribution in [0.3, 0.4) is 0 Å². The fourth-order valence-electron chi connectivity index (χ4n) is 1.59. The normalized spacial score (nSPS) is 43.3. The molecule has 1 saturated carbocycles. The smallest absolute Gasteiger partial charge is 0.293 e. The number of aliphatic hydroxyl groups excluding tert-OH is 3. The van der Waals surface area contributed by atoms with Crippen molar-refractivity contribution in [2.75, 3.05) is 7.11 Å². The molecule has 1 aliphatic rings. The van der Waals surface area contributed by atoms with Crippen LogP contribution in [0.25, 0.3) is 0 Å². The number of carbonyl (C=O) groups excluding carboxylic acids is 1. The van der Waals surface area contributed by atoms with Crippen LogP contribution < -0.4 is 0 Å². The SMILES string of the molecule is CO[C@@H]1CC(OC=O)[C@H](O)[C@H](O)C1O. The van der Waals surface area contributed by atoms with Crippen molar-refractivity contribution >= 4 is 6.47 Å². The fraction of sp³-hybridized carbons (Fsp3) is 0.875. The van der Waals surface area contributed by atoms with Gasteiger partial charge in [-0.25, -0.2) is 0 Å². The molecular formula is C8H14O6. The molecule has 0 spiro atoms. The third-order valence-electron chi connectivity index (χ3n) is 2.46. The summed E-state index contributed by atoms with van der Waals surface area (Å²) in [7, 11) is 1.37. The minimum Gasteiger partial charge on any atom is -0.462 e. The highest BCUT2D eigenvalue weighted by molar-refractivity contribution is 5.37. The molecule has 0 amide bonds. The first-order chi connectivity index (χ1) is 6.61. The second-order valence-corrected chi connectivity index (χ2v) is 3.25. The van der Waals surface area contributed by atoms with Gasteiger partial charge in [-0.05, 0) is 0 Å². The van der Waals surface area contributed by atoms with E-state index in [1.54, 1.807) is 0 Å². The Labute approximate surface area is 81.1 Å². The van der Waals surface area contributed by atoms with Gasteiger partial charge in [0.15, 0.2) is 0 Å². The largest absolute Gasteiger partial charge is 0.462 e. The van der Waals surface area contributed by atoms with Gasteiger partial charge in [0.25, 0.3) is 6.47 Å². The zero-order valence-electron chi connectivity index (χ0n) is 7.74. The van der Waals surface area contributed by atoms with E-state index < -0.39 is 30.5 Å². The molecule has 0 heterocycles. The van der Waals surface area contributed by atoms with Crippen molar-refractivity contribution in [2.45, 2.75) is 36.9 Å². The molecule has 82 valence electrons.